The van der Waals surface area contributed by atoms with Gasteiger partial charge in [0.2, 0.25) is 5.95 Å². The van der Waals surface area contributed by atoms with Crippen LogP contribution in [-0.2, 0) is 12.1 Å². The molecule has 4 aromatic rings. The summed E-state index contributed by atoms with van der Waals surface area (Å²) in [4.78, 5) is 19.6. The number of hydrogen-bond donors (Lipinski definition) is 2. The standard InChI is InChI=1S/C19H20FN5O2/c1-10-12-7-11(20)5-6-14(12)27-15(10)9-21-18-23-16-13(17(26)24-18)8-22-25(16)19(2,3)4/h5-8H,9H2,1-4H3,(H2,21,23,24,26). The number of hydrogen-bond acceptors (Lipinski definition) is 5. The van der Waals surface area contributed by atoms with Gasteiger partial charge in [-0.3, -0.25) is 9.78 Å². The van der Waals surface area contributed by atoms with Crippen molar-refractivity contribution < 1.29 is 8.81 Å². The average Bonchev–Trinajstić information content (AvgIpc) is 3.15. The number of benzene rings is 1. The van der Waals surface area contributed by atoms with Gasteiger partial charge in [-0.2, -0.15) is 10.1 Å². The molecule has 0 fully saturated rings. The zero-order chi connectivity index (χ0) is 19.3. The van der Waals surface area contributed by atoms with Crippen molar-refractivity contribution in [3.63, 3.8) is 0 Å². The number of furan rings is 1. The number of anilines is 1. The third-order valence-electron chi connectivity index (χ3n) is 4.49. The summed E-state index contributed by atoms with van der Waals surface area (Å²) in [6.45, 7) is 8.15. The van der Waals surface area contributed by atoms with Crippen molar-refractivity contribution in [1.29, 1.82) is 0 Å². The van der Waals surface area contributed by atoms with Crippen LogP contribution in [0.25, 0.3) is 22.0 Å². The Kier molecular flexibility index (Phi) is 3.80. The Morgan fingerprint density at radius 3 is 2.81 bits per heavy atom. The molecule has 0 atom stereocenters. The molecule has 0 bridgehead atoms. The third-order valence-corrected chi connectivity index (χ3v) is 4.49. The quantitative estimate of drug-likeness (QED) is 0.575. The van der Waals surface area contributed by atoms with Crippen LogP contribution in [0.4, 0.5) is 10.3 Å². The highest BCUT2D eigenvalue weighted by atomic mass is 19.1. The Labute approximate surface area is 154 Å². The van der Waals surface area contributed by atoms with Crippen LogP contribution >= 0.6 is 0 Å². The van der Waals surface area contributed by atoms with E-state index in [0.717, 1.165) is 10.9 Å². The van der Waals surface area contributed by atoms with Gasteiger partial charge in [-0.25, -0.2) is 9.07 Å². The topological polar surface area (TPSA) is 88.7 Å². The van der Waals surface area contributed by atoms with E-state index in [4.69, 9.17) is 4.42 Å². The van der Waals surface area contributed by atoms with Gasteiger partial charge in [-0.1, -0.05) is 0 Å². The Morgan fingerprint density at radius 2 is 2.07 bits per heavy atom. The Morgan fingerprint density at radius 1 is 1.30 bits per heavy atom. The number of aromatic amines is 1. The van der Waals surface area contributed by atoms with E-state index in [-0.39, 0.29) is 16.9 Å². The number of rotatable bonds is 3. The zero-order valence-corrected chi connectivity index (χ0v) is 15.6. The number of nitrogens with one attached hydrogen (secondary N) is 2. The molecule has 4 rings (SSSR count). The molecule has 140 valence electrons. The van der Waals surface area contributed by atoms with Crippen LogP contribution < -0.4 is 10.9 Å². The Bertz CT molecular complexity index is 1210. The van der Waals surface area contributed by atoms with Gasteiger partial charge >= 0.3 is 0 Å². The third kappa shape index (κ3) is 2.97. The largest absolute Gasteiger partial charge is 0.459 e. The molecular formula is C19H20FN5O2. The normalized spacial score (nSPS) is 12.2. The lowest BCUT2D eigenvalue weighted by molar-refractivity contribution is 0.366. The molecule has 0 saturated heterocycles. The van der Waals surface area contributed by atoms with E-state index < -0.39 is 0 Å². The van der Waals surface area contributed by atoms with Gasteiger partial charge in [-0.05, 0) is 45.9 Å². The van der Waals surface area contributed by atoms with Gasteiger partial charge in [0.05, 0.1) is 18.3 Å². The molecule has 8 heteroatoms. The Balaban J connectivity index is 1.68. The van der Waals surface area contributed by atoms with Gasteiger partial charge in [0.15, 0.2) is 5.65 Å². The van der Waals surface area contributed by atoms with E-state index in [2.05, 4.69) is 20.4 Å². The highest BCUT2D eigenvalue weighted by Crippen LogP contribution is 2.26. The zero-order valence-electron chi connectivity index (χ0n) is 15.6. The van der Waals surface area contributed by atoms with E-state index in [1.54, 1.807) is 10.7 Å². The van der Waals surface area contributed by atoms with Crippen LogP contribution in [0.2, 0.25) is 0 Å². The fourth-order valence-corrected chi connectivity index (χ4v) is 3.07. The lowest BCUT2D eigenvalue weighted by Gasteiger charge is -2.19. The van der Waals surface area contributed by atoms with Crippen molar-refractivity contribution in [3.05, 3.63) is 51.9 Å². The van der Waals surface area contributed by atoms with Crippen molar-refractivity contribution in [3.8, 4) is 0 Å². The number of aromatic nitrogens is 4. The van der Waals surface area contributed by atoms with Crippen molar-refractivity contribution in [2.75, 3.05) is 5.32 Å². The molecule has 0 aliphatic heterocycles. The first-order chi connectivity index (χ1) is 12.7. The molecule has 0 unspecified atom stereocenters. The minimum Gasteiger partial charge on any atom is -0.459 e. The predicted octanol–water partition coefficient (Wildman–Crippen LogP) is 3.68. The number of nitrogens with zero attached hydrogens (tertiary/aromatic N) is 3. The number of fused-ring (bicyclic) bond motifs is 2. The monoisotopic (exact) mass is 369 g/mol. The van der Waals surface area contributed by atoms with Crippen LogP contribution in [0.15, 0.2) is 33.6 Å². The fraction of sp³-hybridized carbons (Fsp3) is 0.316. The molecule has 27 heavy (non-hydrogen) atoms. The van der Waals surface area contributed by atoms with Crippen LogP contribution in [0, 0.1) is 12.7 Å². The molecule has 3 heterocycles. The lowest BCUT2D eigenvalue weighted by Crippen LogP contribution is -2.24. The summed E-state index contributed by atoms with van der Waals surface area (Å²) < 4.78 is 21.0. The van der Waals surface area contributed by atoms with Gasteiger partial charge in [0.1, 0.15) is 22.5 Å². The molecular weight excluding hydrogens is 349 g/mol. The summed E-state index contributed by atoms with van der Waals surface area (Å²) >= 11 is 0. The summed E-state index contributed by atoms with van der Waals surface area (Å²) in [6.07, 6.45) is 1.52. The van der Waals surface area contributed by atoms with Crippen LogP contribution in [0.5, 0.6) is 0 Å². The maximum absolute atomic E-state index is 13.5. The molecule has 0 aliphatic carbocycles. The van der Waals surface area contributed by atoms with Crippen LogP contribution in [-0.4, -0.2) is 19.7 Å². The Hall–Kier alpha value is -3.16. The summed E-state index contributed by atoms with van der Waals surface area (Å²) in [5.74, 6) is 0.671. The summed E-state index contributed by atoms with van der Waals surface area (Å²) in [5.41, 5.74) is 1.41. The van der Waals surface area contributed by atoms with Crippen LogP contribution in [0.3, 0.4) is 0 Å². The average molecular weight is 369 g/mol. The summed E-state index contributed by atoms with van der Waals surface area (Å²) in [6, 6.07) is 4.42. The fourth-order valence-electron chi connectivity index (χ4n) is 3.07. The highest BCUT2D eigenvalue weighted by molar-refractivity contribution is 5.82. The van der Waals surface area contributed by atoms with Crippen molar-refractivity contribution in [2.24, 2.45) is 0 Å². The van der Waals surface area contributed by atoms with Gasteiger partial charge < -0.3 is 9.73 Å². The first-order valence-electron chi connectivity index (χ1n) is 8.64. The number of halogens is 1. The molecule has 3 aromatic heterocycles. The van der Waals surface area contributed by atoms with E-state index in [1.807, 2.05) is 27.7 Å². The van der Waals surface area contributed by atoms with Gasteiger partial charge in [0, 0.05) is 10.9 Å². The van der Waals surface area contributed by atoms with E-state index in [1.165, 1.54) is 18.3 Å². The minimum absolute atomic E-state index is 0.263. The molecule has 0 spiro atoms. The predicted molar refractivity (Wildman–Crippen MR) is 101 cm³/mol. The second-order valence-corrected chi connectivity index (χ2v) is 7.52. The van der Waals surface area contributed by atoms with Crippen molar-refractivity contribution in [2.45, 2.75) is 39.8 Å². The van der Waals surface area contributed by atoms with Gasteiger partial charge in [0.25, 0.3) is 5.56 Å². The van der Waals surface area contributed by atoms with Crippen LogP contribution in [0.1, 0.15) is 32.1 Å². The van der Waals surface area contributed by atoms with E-state index in [0.29, 0.717) is 34.9 Å². The first kappa shape index (κ1) is 17.3. The smallest absolute Gasteiger partial charge is 0.263 e. The maximum atomic E-state index is 13.5. The second kappa shape index (κ2) is 5.94. The van der Waals surface area contributed by atoms with E-state index in [9.17, 15) is 9.18 Å². The molecule has 0 aliphatic rings. The number of aryl methyl sites for hydroxylation is 1. The maximum Gasteiger partial charge on any atom is 0.263 e. The SMILES string of the molecule is Cc1c(CNc2nc3c(cnn3C(C)(C)C)c(=O)[nH]2)oc2ccc(F)cc12. The lowest BCUT2D eigenvalue weighted by atomic mass is 10.1. The summed E-state index contributed by atoms with van der Waals surface area (Å²) in [5, 5.41) is 8.54. The van der Waals surface area contributed by atoms with E-state index >= 15 is 0 Å². The molecule has 0 amide bonds. The van der Waals surface area contributed by atoms with Crippen molar-refractivity contribution >= 4 is 28.0 Å². The molecule has 0 radical (unpaired) electrons. The second-order valence-electron chi connectivity index (χ2n) is 7.52. The molecule has 2 N–H and O–H groups in total. The minimum atomic E-state index is -0.308. The molecule has 0 saturated carbocycles. The first-order valence-corrected chi connectivity index (χ1v) is 8.64. The highest BCUT2D eigenvalue weighted by Gasteiger charge is 2.20. The van der Waals surface area contributed by atoms with Gasteiger partial charge in [-0.15, -0.1) is 0 Å². The summed E-state index contributed by atoms with van der Waals surface area (Å²) in [7, 11) is 0. The van der Waals surface area contributed by atoms with Crippen molar-refractivity contribution in [1.82, 2.24) is 19.7 Å². The molecule has 1 aromatic carbocycles. The molecule has 7 nitrogen and oxygen atoms in total. The number of H-pyrrole nitrogens is 1.